The van der Waals surface area contributed by atoms with E-state index < -0.39 is 0 Å². The fraction of sp³-hybridized carbons (Fsp3) is 0.538. The van der Waals surface area contributed by atoms with Crippen LogP contribution in [-0.2, 0) is 0 Å². The molecule has 0 radical (unpaired) electrons. The van der Waals surface area contributed by atoms with Crippen molar-refractivity contribution in [2.45, 2.75) is 19.8 Å². The summed E-state index contributed by atoms with van der Waals surface area (Å²) in [5, 5.41) is 3.13. The molecule has 1 aromatic rings. The first-order chi connectivity index (χ1) is 8.72. The average Bonchev–Trinajstić information content (AvgIpc) is 2.39. The van der Waals surface area contributed by atoms with E-state index in [4.69, 9.17) is 5.73 Å². The molecule has 0 bridgehead atoms. The summed E-state index contributed by atoms with van der Waals surface area (Å²) < 4.78 is 0. The number of nitrogens with one attached hydrogen (secondary N) is 1. The Balaban J connectivity index is 2.15. The molecule has 3 N–H and O–H groups in total. The summed E-state index contributed by atoms with van der Waals surface area (Å²) in [7, 11) is 0. The summed E-state index contributed by atoms with van der Waals surface area (Å²) in [5.74, 6) is 2.34. The number of aromatic nitrogens is 2. The smallest absolute Gasteiger partial charge is 0.157 e. The minimum absolute atomic E-state index is 0.633. The van der Waals surface area contributed by atoms with E-state index >= 15 is 0 Å². The maximum absolute atomic E-state index is 6.13. The van der Waals surface area contributed by atoms with Crippen LogP contribution >= 0.6 is 0 Å². The molecule has 0 spiro atoms. The Morgan fingerprint density at radius 3 is 2.89 bits per heavy atom. The second kappa shape index (κ2) is 5.71. The largest absolute Gasteiger partial charge is 0.393 e. The van der Waals surface area contributed by atoms with Gasteiger partial charge in [0.25, 0.3) is 0 Å². The van der Waals surface area contributed by atoms with E-state index in [2.05, 4.69) is 33.7 Å². The van der Waals surface area contributed by atoms with E-state index in [1.165, 1.54) is 12.8 Å². The van der Waals surface area contributed by atoms with Crippen molar-refractivity contribution in [1.29, 1.82) is 0 Å². The quantitative estimate of drug-likeness (QED) is 0.795. The number of rotatable bonds is 4. The molecule has 1 saturated heterocycles. The first kappa shape index (κ1) is 12.7. The molecule has 0 amide bonds. The van der Waals surface area contributed by atoms with Crippen LogP contribution in [0.15, 0.2) is 19.0 Å². The second-order valence-corrected chi connectivity index (χ2v) is 4.80. The van der Waals surface area contributed by atoms with Crippen molar-refractivity contribution in [2.75, 3.05) is 35.6 Å². The lowest BCUT2D eigenvalue weighted by molar-refractivity contribution is 0.437. The van der Waals surface area contributed by atoms with Crippen LogP contribution in [0, 0.1) is 5.92 Å². The lowest BCUT2D eigenvalue weighted by Crippen LogP contribution is -2.34. The van der Waals surface area contributed by atoms with Gasteiger partial charge in [-0.15, -0.1) is 6.58 Å². The monoisotopic (exact) mass is 247 g/mol. The van der Waals surface area contributed by atoms with Gasteiger partial charge in [-0.25, -0.2) is 9.97 Å². The average molecular weight is 247 g/mol. The van der Waals surface area contributed by atoms with Gasteiger partial charge >= 0.3 is 0 Å². The van der Waals surface area contributed by atoms with Gasteiger partial charge in [0.2, 0.25) is 0 Å². The van der Waals surface area contributed by atoms with Gasteiger partial charge in [0.05, 0.1) is 0 Å². The molecule has 0 aliphatic carbocycles. The molecule has 0 unspecified atom stereocenters. The molecule has 0 saturated carbocycles. The number of nitrogens with zero attached hydrogens (tertiary/aromatic N) is 3. The van der Waals surface area contributed by atoms with Crippen molar-refractivity contribution < 1.29 is 0 Å². The summed E-state index contributed by atoms with van der Waals surface area (Å²) >= 11 is 0. The third-order valence-corrected chi connectivity index (χ3v) is 3.36. The highest BCUT2D eigenvalue weighted by Crippen LogP contribution is 2.29. The number of anilines is 3. The summed E-state index contributed by atoms with van der Waals surface area (Å²) in [6.45, 7) is 8.64. The Morgan fingerprint density at radius 2 is 2.22 bits per heavy atom. The molecule has 2 rings (SSSR count). The maximum Gasteiger partial charge on any atom is 0.157 e. The summed E-state index contributed by atoms with van der Waals surface area (Å²) in [4.78, 5) is 10.7. The Hall–Kier alpha value is -1.78. The van der Waals surface area contributed by atoms with E-state index in [-0.39, 0.29) is 0 Å². The highest BCUT2D eigenvalue weighted by Gasteiger charge is 2.20. The van der Waals surface area contributed by atoms with Crippen LogP contribution in [-0.4, -0.2) is 29.6 Å². The first-order valence-corrected chi connectivity index (χ1v) is 6.42. The summed E-state index contributed by atoms with van der Waals surface area (Å²) in [6, 6.07) is 0. The van der Waals surface area contributed by atoms with Gasteiger partial charge in [-0.2, -0.15) is 0 Å². The fourth-order valence-corrected chi connectivity index (χ4v) is 2.17. The van der Waals surface area contributed by atoms with Crippen LogP contribution in [0.4, 0.5) is 17.3 Å². The molecule has 1 aliphatic heterocycles. The van der Waals surface area contributed by atoms with Gasteiger partial charge in [0.15, 0.2) is 11.6 Å². The number of hydrogen-bond donors (Lipinski definition) is 2. The highest BCUT2D eigenvalue weighted by atomic mass is 15.2. The molecule has 0 aromatic carbocycles. The van der Waals surface area contributed by atoms with Crippen LogP contribution < -0.4 is 16.0 Å². The predicted molar refractivity (Wildman–Crippen MR) is 75.7 cm³/mol. The van der Waals surface area contributed by atoms with E-state index in [1.54, 1.807) is 12.4 Å². The third kappa shape index (κ3) is 2.72. The minimum Gasteiger partial charge on any atom is -0.393 e. The van der Waals surface area contributed by atoms with Gasteiger partial charge in [0, 0.05) is 19.6 Å². The fourth-order valence-electron chi connectivity index (χ4n) is 2.17. The zero-order valence-corrected chi connectivity index (χ0v) is 10.9. The molecule has 1 aliphatic rings. The van der Waals surface area contributed by atoms with Crippen molar-refractivity contribution >= 4 is 17.3 Å². The van der Waals surface area contributed by atoms with E-state index in [1.807, 2.05) is 0 Å². The standard InChI is InChI=1S/C13H21N5/c1-3-6-15-12-11(14)13(17-9-16-12)18-7-4-10(2)5-8-18/h3,9-10H,1,4-8,14H2,2H3,(H,15,16,17). The van der Waals surface area contributed by atoms with Gasteiger partial charge in [0.1, 0.15) is 12.0 Å². The zero-order chi connectivity index (χ0) is 13.0. The third-order valence-electron chi connectivity index (χ3n) is 3.36. The van der Waals surface area contributed by atoms with Gasteiger partial charge in [-0.1, -0.05) is 13.0 Å². The lowest BCUT2D eigenvalue weighted by Gasteiger charge is -2.32. The van der Waals surface area contributed by atoms with Crippen molar-refractivity contribution in [2.24, 2.45) is 5.92 Å². The molecule has 5 nitrogen and oxygen atoms in total. The van der Waals surface area contributed by atoms with Crippen molar-refractivity contribution in [1.82, 2.24) is 9.97 Å². The topological polar surface area (TPSA) is 67.1 Å². The molecule has 0 atom stereocenters. The zero-order valence-electron chi connectivity index (χ0n) is 10.9. The molecule has 2 heterocycles. The summed E-state index contributed by atoms with van der Waals surface area (Å²) in [5.41, 5.74) is 6.76. The lowest BCUT2D eigenvalue weighted by atomic mass is 9.99. The van der Waals surface area contributed by atoms with Crippen LogP contribution in [0.2, 0.25) is 0 Å². The molecule has 1 aromatic heterocycles. The van der Waals surface area contributed by atoms with Gasteiger partial charge < -0.3 is 16.0 Å². The van der Waals surface area contributed by atoms with E-state index in [9.17, 15) is 0 Å². The van der Waals surface area contributed by atoms with Crippen LogP contribution in [0.25, 0.3) is 0 Å². The molecular weight excluding hydrogens is 226 g/mol. The first-order valence-electron chi connectivity index (χ1n) is 6.42. The van der Waals surface area contributed by atoms with Gasteiger partial charge in [-0.3, -0.25) is 0 Å². The Kier molecular flexibility index (Phi) is 4.02. The maximum atomic E-state index is 6.13. The molecule has 98 valence electrons. The predicted octanol–water partition coefficient (Wildman–Crippen LogP) is 1.89. The van der Waals surface area contributed by atoms with Crippen molar-refractivity contribution in [3.63, 3.8) is 0 Å². The van der Waals surface area contributed by atoms with E-state index in [0.717, 1.165) is 24.8 Å². The number of nitrogen functional groups attached to an aromatic ring is 1. The van der Waals surface area contributed by atoms with E-state index in [0.29, 0.717) is 18.1 Å². The number of piperidine rings is 1. The van der Waals surface area contributed by atoms with Crippen LogP contribution in [0.5, 0.6) is 0 Å². The molecule has 5 heteroatoms. The Morgan fingerprint density at radius 1 is 1.50 bits per heavy atom. The van der Waals surface area contributed by atoms with Crippen molar-refractivity contribution in [3.05, 3.63) is 19.0 Å². The Bertz CT molecular complexity index is 410. The van der Waals surface area contributed by atoms with Gasteiger partial charge in [-0.05, 0) is 18.8 Å². The molecular formula is C13H21N5. The number of nitrogens with two attached hydrogens (primary N) is 1. The normalized spacial score (nSPS) is 16.6. The SMILES string of the molecule is C=CCNc1ncnc(N2CCC(C)CC2)c1N. The molecule has 1 fully saturated rings. The minimum atomic E-state index is 0.633. The second-order valence-electron chi connectivity index (χ2n) is 4.80. The van der Waals surface area contributed by atoms with Crippen LogP contribution in [0.3, 0.4) is 0 Å². The van der Waals surface area contributed by atoms with Crippen molar-refractivity contribution in [3.8, 4) is 0 Å². The number of hydrogen-bond acceptors (Lipinski definition) is 5. The Labute approximate surface area is 108 Å². The highest BCUT2D eigenvalue weighted by molar-refractivity contribution is 5.75. The molecule has 18 heavy (non-hydrogen) atoms. The summed E-state index contributed by atoms with van der Waals surface area (Å²) in [6.07, 6.45) is 5.73. The van der Waals surface area contributed by atoms with Crippen LogP contribution in [0.1, 0.15) is 19.8 Å².